The van der Waals surface area contributed by atoms with Crippen LogP contribution < -0.4 is 20.1 Å². The van der Waals surface area contributed by atoms with E-state index in [1.54, 1.807) is 19.4 Å². The van der Waals surface area contributed by atoms with Crippen LogP contribution in [0.1, 0.15) is 16.1 Å². The zero-order chi connectivity index (χ0) is 19.6. The van der Waals surface area contributed by atoms with Gasteiger partial charge in [0.25, 0.3) is 5.91 Å². The van der Waals surface area contributed by atoms with Crippen LogP contribution in [0.4, 0.5) is 5.95 Å². The predicted octanol–water partition coefficient (Wildman–Crippen LogP) is 2.91. The molecule has 0 bridgehead atoms. The Hall–Kier alpha value is -3.61. The van der Waals surface area contributed by atoms with Crippen molar-refractivity contribution >= 4 is 11.9 Å². The van der Waals surface area contributed by atoms with Crippen molar-refractivity contribution in [3.8, 4) is 11.5 Å². The third-order valence-electron chi connectivity index (χ3n) is 3.90. The largest absolute Gasteiger partial charge is 0.497 e. The van der Waals surface area contributed by atoms with Crippen molar-refractivity contribution in [2.24, 2.45) is 0 Å². The van der Waals surface area contributed by atoms with Gasteiger partial charge in [-0.05, 0) is 35.9 Å². The van der Waals surface area contributed by atoms with E-state index in [1.165, 1.54) is 0 Å². The number of methoxy groups -OCH3 is 1. The molecule has 7 heteroatoms. The summed E-state index contributed by atoms with van der Waals surface area (Å²) in [5, 5.41) is 5.90. The molecule has 0 saturated heterocycles. The number of anilines is 1. The lowest BCUT2D eigenvalue weighted by Gasteiger charge is -2.09. The second kappa shape index (κ2) is 9.91. The number of nitrogens with zero attached hydrogens (tertiary/aromatic N) is 2. The molecule has 2 N–H and O–H groups in total. The topological polar surface area (TPSA) is 85.4 Å². The van der Waals surface area contributed by atoms with E-state index in [9.17, 15) is 4.79 Å². The summed E-state index contributed by atoms with van der Waals surface area (Å²) in [5.74, 6) is 1.61. The van der Waals surface area contributed by atoms with Gasteiger partial charge in [0.15, 0.2) is 0 Å². The Morgan fingerprint density at radius 3 is 2.50 bits per heavy atom. The third kappa shape index (κ3) is 5.70. The van der Waals surface area contributed by atoms with Gasteiger partial charge in [0.1, 0.15) is 23.8 Å². The summed E-state index contributed by atoms with van der Waals surface area (Å²) in [6.45, 7) is 1.30. The van der Waals surface area contributed by atoms with Crippen molar-refractivity contribution < 1.29 is 14.3 Å². The van der Waals surface area contributed by atoms with Crippen LogP contribution in [0.5, 0.6) is 11.5 Å². The first kappa shape index (κ1) is 19.2. The molecule has 0 aliphatic carbocycles. The first-order valence-corrected chi connectivity index (χ1v) is 8.90. The number of hydrogen-bond acceptors (Lipinski definition) is 6. The summed E-state index contributed by atoms with van der Waals surface area (Å²) in [5.41, 5.74) is 1.41. The molecule has 1 aromatic heterocycles. The second-order valence-electron chi connectivity index (χ2n) is 5.88. The average Bonchev–Trinajstić information content (AvgIpc) is 2.76. The van der Waals surface area contributed by atoms with E-state index in [4.69, 9.17) is 9.47 Å². The summed E-state index contributed by atoms with van der Waals surface area (Å²) < 4.78 is 10.7. The smallest absolute Gasteiger partial charge is 0.270 e. The van der Waals surface area contributed by atoms with Crippen molar-refractivity contribution in [1.82, 2.24) is 15.3 Å². The molecule has 0 aliphatic rings. The van der Waals surface area contributed by atoms with Crippen molar-refractivity contribution in [2.75, 3.05) is 25.6 Å². The Bertz CT molecular complexity index is 886. The Labute approximate surface area is 163 Å². The van der Waals surface area contributed by atoms with E-state index >= 15 is 0 Å². The molecule has 1 heterocycles. The monoisotopic (exact) mass is 378 g/mol. The quantitative estimate of drug-likeness (QED) is 0.557. The van der Waals surface area contributed by atoms with Gasteiger partial charge in [0, 0.05) is 12.7 Å². The summed E-state index contributed by atoms with van der Waals surface area (Å²) in [6.07, 6.45) is 1.56. The molecule has 0 atom stereocenters. The second-order valence-corrected chi connectivity index (χ2v) is 5.88. The van der Waals surface area contributed by atoms with Crippen LogP contribution in [0, 0.1) is 0 Å². The van der Waals surface area contributed by atoms with E-state index in [1.807, 2.05) is 54.6 Å². The molecule has 144 valence electrons. The van der Waals surface area contributed by atoms with Crippen molar-refractivity contribution in [3.63, 3.8) is 0 Å². The highest BCUT2D eigenvalue weighted by Crippen LogP contribution is 2.16. The number of aromatic nitrogens is 2. The standard InChI is InChI=1S/C21H22N4O3/c1-27-17-7-9-18(10-8-17)28-14-13-22-20(26)19-11-12-23-21(25-19)24-15-16-5-3-2-4-6-16/h2-12H,13-15H2,1H3,(H,22,26)(H,23,24,25). The highest BCUT2D eigenvalue weighted by molar-refractivity contribution is 5.92. The molecular formula is C21H22N4O3. The number of nitrogens with one attached hydrogen (secondary N) is 2. The maximum absolute atomic E-state index is 12.3. The van der Waals surface area contributed by atoms with Crippen molar-refractivity contribution in [2.45, 2.75) is 6.54 Å². The van der Waals surface area contributed by atoms with Crippen LogP contribution in [0.15, 0.2) is 66.9 Å². The SMILES string of the molecule is COc1ccc(OCCNC(=O)c2ccnc(NCc3ccccc3)n2)cc1. The number of benzene rings is 2. The maximum atomic E-state index is 12.3. The van der Waals surface area contributed by atoms with Crippen LogP contribution in [0.25, 0.3) is 0 Å². The van der Waals surface area contributed by atoms with Crippen LogP contribution in [0.2, 0.25) is 0 Å². The van der Waals surface area contributed by atoms with Gasteiger partial charge in [0.2, 0.25) is 5.95 Å². The Kier molecular flexibility index (Phi) is 6.78. The van der Waals surface area contributed by atoms with Gasteiger partial charge >= 0.3 is 0 Å². The minimum absolute atomic E-state index is 0.275. The molecule has 1 amide bonds. The molecule has 0 unspecified atom stereocenters. The summed E-state index contributed by atoms with van der Waals surface area (Å²) in [4.78, 5) is 20.7. The minimum Gasteiger partial charge on any atom is -0.497 e. The normalized spacial score (nSPS) is 10.2. The van der Waals surface area contributed by atoms with Gasteiger partial charge in [0.05, 0.1) is 13.7 Å². The molecular weight excluding hydrogens is 356 g/mol. The lowest BCUT2D eigenvalue weighted by Crippen LogP contribution is -2.29. The first-order valence-electron chi connectivity index (χ1n) is 8.90. The molecule has 7 nitrogen and oxygen atoms in total. The van der Waals surface area contributed by atoms with Crippen LogP contribution in [-0.2, 0) is 6.54 Å². The maximum Gasteiger partial charge on any atom is 0.270 e. The number of carbonyl (C=O) groups is 1. The number of ether oxygens (including phenoxy) is 2. The van der Waals surface area contributed by atoms with Crippen LogP contribution in [-0.4, -0.2) is 36.1 Å². The Morgan fingerprint density at radius 1 is 1.00 bits per heavy atom. The summed E-state index contributed by atoms with van der Waals surface area (Å²) in [6, 6.07) is 18.8. The molecule has 0 fully saturated rings. The van der Waals surface area contributed by atoms with Gasteiger partial charge in [-0.15, -0.1) is 0 Å². The van der Waals surface area contributed by atoms with E-state index in [-0.39, 0.29) is 5.91 Å². The number of hydrogen-bond donors (Lipinski definition) is 2. The van der Waals surface area contributed by atoms with Gasteiger partial charge < -0.3 is 20.1 Å². The van der Waals surface area contributed by atoms with Crippen molar-refractivity contribution in [1.29, 1.82) is 0 Å². The highest BCUT2D eigenvalue weighted by atomic mass is 16.5. The summed E-state index contributed by atoms with van der Waals surface area (Å²) >= 11 is 0. The lowest BCUT2D eigenvalue weighted by atomic mass is 10.2. The van der Waals surface area contributed by atoms with Gasteiger partial charge in [-0.2, -0.15) is 0 Å². The highest BCUT2D eigenvalue weighted by Gasteiger charge is 2.08. The molecule has 28 heavy (non-hydrogen) atoms. The van der Waals surface area contributed by atoms with E-state index in [0.29, 0.717) is 37.1 Å². The number of carbonyl (C=O) groups excluding carboxylic acids is 1. The Morgan fingerprint density at radius 2 is 1.75 bits per heavy atom. The molecule has 3 aromatic rings. The van der Waals surface area contributed by atoms with Crippen LogP contribution >= 0.6 is 0 Å². The van der Waals surface area contributed by atoms with Gasteiger partial charge in [-0.1, -0.05) is 30.3 Å². The molecule has 0 aliphatic heterocycles. The molecule has 0 spiro atoms. The summed E-state index contributed by atoms with van der Waals surface area (Å²) in [7, 11) is 1.61. The minimum atomic E-state index is -0.275. The van der Waals surface area contributed by atoms with E-state index in [0.717, 1.165) is 11.3 Å². The zero-order valence-corrected chi connectivity index (χ0v) is 15.6. The molecule has 0 saturated carbocycles. The number of rotatable bonds is 9. The first-order chi connectivity index (χ1) is 13.7. The third-order valence-corrected chi connectivity index (χ3v) is 3.90. The number of amides is 1. The Balaban J connectivity index is 1.44. The van der Waals surface area contributed by atoms with E-state index < -0.39 is 0 Å². The molecule has 0 radical (unpaired) electrons. The zero-order valence-electron chi connectivity index (χ0n) is 15.6. The van der Waals surface area contributed by atoms with Gasteiger partial charge in [-0.25, -0.2) is 9.97 Å². The average molecular weight is 378 g/mol. The molecule has 3 rings (SSSR count). The van der Waals surface area contributed by atoms with Gasteiger partial charge in [-0.3, -0.25) is 4.79 Å². The lowest BCUT2D eigenvalue weighted by molar-refractivity contribution is 0.0942. The van der Waals surface area contributed by atoms with E-state index in [2.05, 4.69) is 20.6 Å². The van der Waals surface area contributed by atoms with Crippen molar-refractivity contribution in [3.05, 3.63) is 78.1 Å². The fraction of sp³-hybridized carbons (Fsp3) is 0.190. The predicted molar refractivity (Wildman–Crippen MR) is 107 cm³/mol. The molecule has 2 aromatic carbocycles. The van der Waals surface area contributed by atoms with Crippen LogP contribution in [0.3, 0.4) is 0 Å². The fourth-order valence-electron chi connectivity index (χ4n) is 2.44. The fourth-order valence-corrected chi connectivity index (χ4v) is 2.44.